The molecule has 2 atom stereocenters. The number of carbonyl (C=O) groups excluding carboxylic acids is 1. The van der Waals surface area contributed by atoms with E-state index >= 15 is 0 Å². The van der Waals surface area contributed by atoms with Gasteiger partial charge in [0.2, 0.25) is 0 Å². The van der Waals surface area contributed by atoms with Crippen molar-refractivity contribution in [2.75, 3.05) is 24.6 Å². The minimum Gasteiger partial charge on any atom is -0.356 e. The zero-order chi connectivity index (χ0) is 23.3. The summed E-state index contributed by atoms with van der Waals surface area (Å²) in [5, 5.41) is 5.90. The van der Waals surface area contributed by atoms with Gasteiger partial charge in [-0.25, -0.2) is 15.0 Å². The molecule has 0 bridgehead atoms. The monoisotopic (exact) mass is 459 g/mol. The molecule has 6 rings (SSSR count). The first-order valence-corrected chi connectivity index (χ1v) is 12.0. The smallest absolute Gasteiger partial charge is 0.250 e. The second-order valence-electron chi connectivity index (χ2n) is 9.76. The SMILES string of the molecule is Cc1ccc([C@@H]2CCON2C(=O)C2CCN(c3cc(-c4ccnn4C)ncn3)CC23CC3)cn1. The maximum Gasteiger partial charge on any atom is 0.250 e. The Balaban J connectivity index is 1.20. The van der Waals surface area contributed by atoms with Crippen LogP contribution >= 0.6 is 0 Å². The molecule has 1 saturated carbocycles. The normalized spacial score (nSPS) is 23.5. The van der Waals surface area contributed by atoms with Gasteiger partial charge in [-0.15, -0.1) is 0 Å². The molecule has 1 amide bonds. The van der Waals surface area contributed by atoms with Crippen molar-refractivity contribution < 1.29 is 9.63 Å². The van der Waals surface area contributed by atoms with Gasteiger partial charge < -0.3 is 4.90 Å². The Morgan fingerprint density at radius 1 is 1.15 bits per heavy atom. The molecule has 9 nitrogen and oxygen atoms in total. The fourth-order valence-electron chi connectivity index (χ4n) is 5.51. The van der Waals surface area contributed by atoms with E-state index in [1.807, 2.05) is 43.0 Å². The third kappa shape index (κ3) is 3.64. The summed E-state index contributed by atoms with van der Waals surface area (Å²) in [5.74, 6) is 1.00. The lowest BCUT2D eigenvalue weighted by Crippen LogP contribution is -2.49. The number of aromatic nitrogens is 5. The Morgan fingerprint density at radius 3 is 2.76 bits per heavy atom. The number of anilines is 1. The fraction of sp³-hybridized carbons (Fsp3) is 0.480. The van der Waals surface area contributed by atoms with Crippen molar-refractivity contribution in [3.63, 3.8) is 0 Å². The van der Waals surface area contributed by atoms with Gasteiger partial charge in [-0.3, -0.25) is 19.3 Å². The summed E-state index contributed by atoms with van der Waals surface area (Å²) in [4.78, 5) is 35.3. The lowest BCUT2D eigenvalue weighted by molar-refractivity contribution is -0.185. The largest absolute Gasteiger partial charge is 0.356 e. The highest BCUT2D eigenvalue weighted by Crippen LogP contribution is 2.57. The van der Waals surface area contributed by atoms with Crippen molar-refractivity contribution in [1.82, 2.24) is 29.8 Å². The molecule has 1 aliphatic carbocycles. The summed E-state index contributed by atoms with van der Waals surface area (Å²) in [7, 11) is 1.91. The second kappa shape index (κ2) is 8.16. The van der Waals surface area contributed by atoms with Crippen LogP contribution in [0.1, 0.15) is 43.0 Å². The van der Waals surface area contributed by atoms with Crippen LogP contribution in [0.25, 0.3) is 11.4 Å². The molecule has 5 heterocycles. The summed E-state index contributed by atoms with van der Waals surface area (Å²) in [6, 6.07) is 7.98. The standard InChI is InChI=1S/C25H29N7O2/c1-17-3-4-18(14-26-17)21-7-12-34-32(21)24(33)19-6-11-31(15-25(19)8-9-25)23-13-20(27-16-28-23)22-5-10-29-30(22)2/h3-5,10,13-14,16,19,21H,6-9,11-12,15H2,1-2H3/t19?,21-/m0/s1. The molecule has 2 saturated heterocycles. The van der Waals surface area contributed by atoms with Crippen LogP contribution in [0.3, 0.4) is 0 Å². The number of carbonyl (C=O) groups is 1. The van der Waals surface area contributed by atoms with Crippen LogP contribution in [-0.2, 0) is 16.7 Å². The molecule has 176 valence electrons. The van der Waals surface area contributed by atoms with Gasteiger partial charge >= 0.3 is 0 Å². The van der Waals surface area contributed by atoms with Gasteiger partial charge in [0, 0.05) is 56.6 Å². The van der Waals surface area contributed by atoms with Crippen LogP contribution in [-0.4, -0.2) is 55.4 Å². The van der Waals surface area contributed by atoms with Crippen LogP contribution < -0.4 is 4.90 Å². The summed E-state index contributed by atoms with van der Waals surface area (Å²) in [5.41, 5.74) is 3.82. The predicted molar refractivity (Wildman–Crippen MR) is 125 cm³/mol. The molecule has 3 aliphatic rings. The van der Waals surface area contributed by atoms with E-state index in [0.717, 1.165) is 67.2 Å². The van der Waals surface area contributed by atoms with Crippen LogP contribution in [0.2, 0.25) is 0 Å². The average Bonchev–Trinajstić information content (AvgIpc) is 3.23. The Hall–Kier alpha value is -3.33. The lowest BCUT2D eigenvalue weighted by Gasteiger charge is -2.40. The van der Waals surface area contributed by atoms with E-state index in [1.54, 1.807) is 17.6 Å². The highest BCUT2D eigenvalue weighted by molar-refractivity contribution is 5.80. The van der Waals surface area contributed by atoms with Crippen molar-refractivity contribution in [3.8, 4) is 11.4 Å². The summed E-state index contributed by atoms with van der Waals surface area (Å²) >= 11 is 0. The molecular formula is C25H29N7O2. The summed E-state index contributed by atoms with van der Waals surface area (Å²) in [6.07, 6.45) is 8.98. The second-order valence-corrected chi connectivity index (χ2v) is 9.76. The van der Waals surface area contributed by atoms with Crippen molar-refractivity contribution >= 4 is 11.7 Å². The first-order chi connectivity index (χ1) is 16.5. The molecule has 2 aliphatic heterocycles. The maximum atomic E-state index is 13.7. The Labute approximate surface area is 198 Å². The van der Waals surface area contributed by atoms with Crippen molar-refractivity contribution in [2.24, 2.45) is 18.4 Å². The molecule has 0 N–H and O–H groups in total. The van der Waals surface area contributed by atoms with Gasteiger partial charge in [0.25, 0.3) is 5.91 Å². The van der Waals surface area contributed by atoms with Gasteiger partial charge in [0.05, 0.1) is 24.0 Å². The highest BCUT2D eigenvalue weighted by Gasteiger charge is 2.57. The number of aryl methyl sites for hydroxylation is 2. The topological polar surface area (TPSA) is 89.3 Å². The van der Waals surface area contributed by atoms with Gasteiger partial charge in [-0.2, -0.15) is 5.10 Å². The molecule has 0 radical (unpaired) electrons. The zero-order valence-corrected chi connectivity index (χ0v) is 19.6. The van der Waals surface area contributed by atoms with Crippen molar-refractivity contribution in [3.05, 3.63) is 54.2 Å². The summed E-state index contributed by atoms with van der Waals surface area (Å²) in [6.45, 7) is 4.15. The number of pyridine rings is 1. The third-order valence-electron chi connectivity index (χ3n) is 7.62. The first kappa shape index (κ1) is 21.2. The molecule has 1 spiro atoms. The third-order valence-corrected chi connectivity index (χ3v) is 7.62. The minimum absolute atomic E-state index is 0.00496. The van der Waals surface area contributed by atoms with Gasteiger partial charge in [0.1, 0.15) is 12.1 Å². The molecule has 3 aromatic rings. The van der Waals surface area contributed by atoms with Crippen LogP contribution in [0, 0.1) is 18.3 Å². The van der Waals surface area contributed by atoms with E-state index in [9.17, 15) is 4.79 Å². The Bertz CT molecular complexity index is 1200. The number of rotatable bonds is 4. The van der Waals surface area contributed by atoms with Gasteiger partial charge in [0.15, 0.2) is 0 Å². The quantitative estimate of drug-likeness (QED) is 0.592. The zero-order valence-electron chi connectivity index (χ0n) is 19.6. The van der Waals surface area contributed by atoms with Crippen LogP contribution in [0.4, 0.5) is 5.82 Å². The molecule has 3 aromatic heterocycles. The van der Waals surface area contributed by atoms with E-state index in [0.29, 0.717) is 6.61 Å². The van der Waals surface area contributed by atoms with E-state index in [1.165, 1.54) is 0 Å². The van der Waals surface area contributed by atoms with Crippen LogP contribution in [0.15, 0.2) is 43.0 Å². The Morgan fingerprint density at radius 2 is 2.03 bits per heavy atom. The molecule has 3 fully saturated rings. The Kier molecular flexibility index (Phi) is 5.09. The number of piperidine rings is 1. The lowest BCUT2D eigenvalue weighted by atomic mass is 9.81. The highest BCUT2D eigenvalue weighted by atomic mass is 16.7. The maximum absolute atomic E-state index is 13.7. The van der Waals surface area contributed by atoms with Crippen molar-refractivity contribution in [1.29, 1.82) is 0 Å². The molecule has 1 unspecified atom stereocenters. The van der Waals surface area contributed by atoms with E-state index in [4.69, 9.17) is 4.84 Å². The summed E-state index contributed by atoms with van der Waals surface area (Å²) < 4.78 is 1.81. The fourth-order valence-corrected chi connectivity index (χ4v) is 5.51. The van der Waals surface area contributed by atoms with E-state index < -0.39 is 0 Å². The number of amides is 1. The number of hydroxylamine groups is 2. The molecular weight excluding hydrogens is 430 g/mol. The number of hydrogen-bond acceptors (Lipinski definition) is 7. The van der Waals surface area contributed by atoms with Gasteiger partial charge in [-0.1, -0.05) is 6.07 Å². The average molecular weight is 460 g/mol. The number of hydrogen-bond donors (Lipinski definition) is 0. The number of nitrogens with zero attached hydrogens (tertiary/aromatic N) is 7. The van der Waals surface area contributed by atoms with Crippen LogP contribution in [0.5, 0.6) is 0 Å². The van der Waals surface area contributed by atoms with E-state index in [2.05, 4.69) is 31.0 Å². The molecule has 34 heavy (non-hydrogen) atoms. The van der Waals surface area contributed by atoms with Gasteiger partial charge in [-0.05, 0) is 49.3 Å². The first-order valence-electron chi connectivity index (χ1n) is 12.0. The molecule has 9 heteroatoms. The predicted octanol–water partition coefficient (Wildman–Crippen LogP) is 3.09. The minimum atomic E-state index is -0.0576. The molecule has 0 aromatic carbocycles. The van der Waals surface area contributed by atoms with E-state index in [-0.39, 0.29) is 23.3 Å². The van der Waals surface area contributed by atoms with Crippen molar-refractivity contribution in [2.45, 2.75) is 38.6 Å².